The van der Waals surface area contributed by atoms with E-state index in [0.29, 0.717) is 5.11 Å². The van der Waals surface area contributed by atoms with E-state index in [1.54, 1.807) is 5.57 Å². The highest BCUT2D eigenvalue weighted by Crippen LogP contribution is 2.48. The summed E-state index contributed by atoms with van der Waals surface area (Å²) in [6.07, 6.45) is 5.44. The molecule has 14 heavy (non-hydrogen) atoms. The van der Waals surface area contributed by atoms with Gasteiger partial charge in [-0.25, -0.2) is 0 Å². The molecule has 0 aromatic carbocycles. The van der Waals surface area contributed by atoms with Gasteiger partial charge in [0.05, 0.1) is 0 Å². The van der Waals surface area contributed by atoms with Gasteiger partial charge in [-0.3, -0.25) is 5.43 Å². The summed E-state index contributed by atoms with van der Waals surface area (Å²) in [5.74, 6) is 1.76. The predicted molar refractivity (Wildman–Crippen MR) is 61.2 cm³/mol. The number of thiocarbonyl (C=S) groups is 1. The second kappa shape index (κ2) is 3.77. The minimum Gasteiger partial charge on any atom is -0.375 e. The van der Waals surface area contributed by atoms with Crippen LogP contribution in [0.3, 0.4) is 0 Å². The first-order chi connectivity index (χ1) is 6.66. The summed E-state index contributed by atoms with van der Waals surface area (Å²) >= 11 is 4.74. The van der Waals surface area contributed by atoms with E-state index in [1.165, 1.54) is 31.4 Å². The van der Waals surface area contributed by atoms with Crippen LogP contribution in [-0.4, -0.2) is 5.11 Å². The van der Waals surface area contributed by atoms with E-state index >= 15 is 0 Å². The Kier molecular flexibility index (Phi) is 2.63. The average molecular weight is 211 g/mol. The minimum atomic E-state index is 0.299. The first-order valence-electron chi connectivity index (χ1n) is 5.18. The van der Waals surface area contributed by atoms with Crippen LogP contribution in [0.2, 0.25) is 0 Å². The second-order valence-electron chi connectivity index (χ2n) is 4.34. The number of nitrogens with two attached hydrogens (primary N) is 1. The molecule has 0 aromatic heterocycles. The van der Waals surface area contributed by atoms with Crippen molar-refractivity contribution in [2.24, 2.45) is 17.6 Å². The third-order valence-corrected chi connectivity index (χ3v) is 3.50. The third kappa shape index (κ3) is 1.85. The van der Waals surface area contributed by atoms with E-state index in [4.69, 9.17) is 18.0 Å². The Morgan fingerprint density at radius 1 is 1.43 bits per heavy atom. The van der Waals surface area contributed by atoms with Crippen LogP contribution in [-0.2, 0) is 0 Å². The van der Waals surface area contributed by atoms with Gasteiger partial charge in [0.25, 0.3) is 0 Å². The number of nitrogens with one attached hydrogen (secondary N) is 2. The molecule has 0 unspecified atom stereocenters. The van der Waals surface area contributed by atoms with Crippen molar-refractivity contribution < 1.29 is 0 Å². The normalized spacial score (nSPS) is 32.9. The average Bonchev–Trinajstić information content (AvgIpc) is 2.74. The lowest BCUT2D eigenvalue weighted by atomic mass is 9.93. The lowest BCUT2D eigenvalue weighted by molar-refractivity contribution is 0.550. The maximum atomic E-state index is 5.35. The van der Waals surface area contributed by atoms with Gasteiger partial charge in [-0.05, 0) is 62.2 Å². The molecule has 0 radical (unpaired) electrons. The van der Waals surface area contributed by atoms with Gasteiger partial charge in [0, 0.05) is 5.70 Å². The van der Waals surface area contributed by atoms with Crippen molar-refractivity contribution in [2.75, 3.05) is 0 Å². The number of hydrogen-bond acceptors (Lipinski definition) is 2. The van der Waals surface area contributed by atoms with E-state index in [-0.39, 0.29) is 0 Å². The Labute approximate surface area is 90.1 Å². The lowest BCUT2D eigenvalue weighted by Crippen LogP contribution is -2.40. The Morgan fingerprint density at radius 2 is 2.21 bits per heavy atom. The van der Waals surface area contributed by atoms with E-state index < -0.39 is 0 Å². The molecule has 2 atom stereocenters. The number of hydrogen-bond donors (Lipinski definition) is 3. The molecule has 4 N–H and O–H groups in total. The van der Waals surface area contributed by atoms with E-state index in [2.05, 4.69) is 17.8 Å². The van der Waals surface area contributed by atoms with Crippen LogP contribution in [0.15, 0.2) is 11.3 Å². The highest BCUT2D eigenvalue weighted by molar-refractivity contribution is 7.80. The molecule has 2 saturated carbocycles. The van der Waals surface area contributed by atoms with Gasteiger partial charge >= 0.3 is 0 Å². The molecule has 3 nitrogen and oxygen atoms in total. The smallest absolute Gasteiger partial charge is 0.182 e. The molecule has 0 heterocycles. The van der Waals surface area contributed by atoms with Gasteiger partial charge in [0.1, 0.15) is 0 Å². The molecule has 4 heteroatoms. The van der Waals surface area contributed by atoms with Crippen molar-refractivity contribution >= 4 is 17.3 Å². The fraction of sp³-hybridized carbons (Fsp3) is 0.700. The molecule has 2 aliphatic carbocycles. The largest absolute Gasteiger partial charge is 0.375 e. The Balaban J connectivity index is 1.98. The monoisotopic (exact) mass is 211 g/mol. The van der Waals surface area contributed by atoms with Crippen LogP contribution in [0, 0.1) is 11.8 Å². The first kappa shape index (κ1) is 9.77. The van der Waals surface area contributed by atoms with Crippen LogP contribution < -0.4 is 16.6 Å². The summed E-state index contributed by atoms with van der Waals surface area (Å²) in [6, 6.07) is 0. The van der Waals surface area contributed by atoms with Crippen LogP contribution in [0.25, 0.3) is 0 Å². The topological polar surface area (TPSA) is 50.1 Å². The Bertz CT molecular complexity index is 285. The summed E-state index contributed by atoms with van der Waals surface area (Å²) in [4.78, 5) is 0. The molecule has 2 bridgehead atoms. The Morgan fingerprint density at radius 3 is 2.71 bits per heavy atom. The van der Waals surface area contributed by atoms with Gasteiger partial charge in [0.15, 0.2) is 5.11 Å². The molecular formula is C10H17N3S. The summed E-state index contributed by atoms with van der Waals surface area (Å²) in [5.41, 5.74) is 14.0. The summed E-state index contributed by atoms with van der Waals surface area (Å²) in [6.45, 7) is 2.10. The molecule has 0 spiro atoms. The number of fused-ring (bicyclic) bond motifs is 2. The molecule has 0 aliphatic heterocycles. The van der Waals surface area contributed by atoms with E-state index in [0.717, 1.165) is 11.8 Å². The number of hydrazine groups is 1. The fourth-order valence-electron chi connectivity index (χ4n) is 2.75. The SMILES string of the molecule is C/C(NNC(N)=S)=C1\C[C@@H]2CC[C@@H]1C2. The maximum Gasteiger partial charge on any atom is 0.182 e. The van der Waals surface area contributed by atoms with Crippen LogP contribution in [0.5, 0.6) is 0 Å². The van der Waals surface area contributed by atoms with Gasteiger partial charge in [-0.15, -0.1) is 0 Å². The van der Waals surface area contributed by atoms with Crippen LogP contribution >= 0.6 is 12.2 Å². The van der Waals surface area contributed by atoms with Crippen molar-refractivity contribution in [3.8, 4) is 0 Å². The molecule has 2 aliphatic rings. The molecule has 0 aromatic rings. The number of allylic oxidation sites excluding steroid dienone is 2. The molecule has 2 fully saturated rings. The highest BCUT2D eigenvalue weighted by atomic mass is 32.1. The van der Waals surface area contributed by atoms with E-state index in [9.17, 15) is 0 Å². The second-order valence-corrected chi connectivity index (χ2v) is 4.78. The quantitative estimate of drug-likeness (QED) is 0.477. The Hall–Kier alpha value is -0.770. The first-order valence-corrected chi connectivity index (χ1v) is 5.58. The standard InChI is InChI=1S/C10H17N3S/c1-6(12-13-10(11)14)9-5-7-2-3-8(9)4-7/h7-8,12H,2-5H2,1H3,(H3,11,13,14)/b9-6-/t7-,8-/m1/s1. The molecular weight excluding hydrogens is 194 g/mol. The molecule has 2 rings (SSSR count). The van der Waals surface area contributed by atoms with Crippen molar-refractivity contribution in [3.05, 3.63) is 11.3 Å². The van der Waals surface area contributed by atoms with Gasteiger partial charge < -0.3 is 11.2 Å². The lowest BCUT2D eigenvalue weighted by Gasteiger charge is -2.18. The van der Waals surface area contributed by atoms with Crippen LogP contribution in [0.1, 0.15) is 32.6 Å². The van der Waals surface area contributed by atoms with Gasteiger partial charge in [-0.1, -0.05) is 0 Å². The predicted octanol–water partition coefficient (Wildman–Crippen LogP) is 1.42. The third-order valence-electron chi connectivity index (χ3n) is 3.40. The highest BCUT2D eigenvalue weighted by Gasteiger charge is 2.36. The summed E-state index contributed by atoms with van der Waals surface area (Å²) < 4.78 is 0. The zero-order valence-corrected chi connectivity index (χ0v) is 9.29. The van der Waals surface area contributed by atoms with Crippen LogP contribution in [0.4, 0.5) is 0 Å². The number of rotatable bonds is 2. The maximum absolute atomic E-state index is 5.35. The van der Waals surface area contributed by atoms with Crippen molar-refractivity contribution in [2.45, 2.75) is 32.6 Å². The van der Waals surface area contributed by atoms with Crippen molar-refractivity contribution in [1.29, 1.82) is 0 Å². The molecule has 78 valence electrons. The van der Waals surface area contributed by atoms with Gasteiger partial charge in [0.2, 0.25) is 0 Å². The molecule has 0 amide bonds. The minimum absolute atomic E-state index is 0.299. The molecule has 0 saturated heterocycles. The zero-order chi connectivity index (χ0) is 10.1. The van der Waals surface area contributed by atoms with Crippen molar-refractivity contribution in [3.63, 3.8) is 0 Å². The summed E-state index contributed by atoms with van der Waals surface area (Å²) in [7, 11) is 0. The van der Waals surface area contributed by atoms with Crippen molar-refractivity contribution in [1.82, 2.24) is 10.9 Å². The van der Waals surface area contributed by atoms with Gasteiger partial charge in [-0.2, -0.15) is 0 Å². The summed E-state index contributed by atoms with van der Waals surface area (Å²) in [5, 5.41) is 0.299. The van der Waals surface area contributed by atoms with E-state index in [1.807, 2.05) is 0 Å². The zero-order valence-electron chi connectivity index (χ0n) is 8.47. The fourth-order valence-corrected chi connectivity index (χ4v) is 2.80.